The van der Waals surface area contributed by atoms with E-state index in [1.165, 1.54) is 0 Å². The first-order valence-corrected chi connectivity index (χ1v) is 6.45. The van der Waals surface area contributed by atoms with E-state index in [0.29, 0.717) is 5.92 Å². The fourth-order valence-corrected chi connectivity index (χ4v) is 1.86. The van der Waals surface area contributed by atoms with Crippen molar-refractivity contribution >= 4 is 0 Å². The Balaban J connectivity index is 2.34. The summed E-state index contributed by atoms with van der Waals surface area (Å²) in [5.74, 6) is 1.62. The van der Waals surface area contributed by atoms with Crippen molar-refractivity contribution < 1.29 is 4.52 Å². The van der Waals surface area contributed by atoms with Gasteiger partial charge in [-0.2, -0.15) is 0 Å². The zero-order valence-corrected chi connectivity index (χ0v) is 11.5. The van der Waals surface area contributed by atoms with Crippen molar-refractivity contribution in [2.24, 2.45) is 5.92 Å². The molecule has 1 rings (SSSR count). The van der Waals surface area contributed by atoms with E-state index in [0.717, 1.165) is 44.1 Å². The number of hydrogen-bond donors (Lipinski definition) is 1. The standard InChI is InChI=1S/C13H25N3O/c1-5-6-14-8-12-7-13(17-15-12)10-16(4)9-11(2)3/h7,11,14H,5-6,8-10H2,1-4H3. The molecule has 0 spiro atoms. The van der Waals surface area contributed by atoms with Gasteiger partial charge >= 0.3 is 0 Å². The van der Waals surface area contributed by atoms with Crippen LogP contribution in [0, 0.1) is 5.92 Å². The zero-order chi connectivity index (χ0) is 12.7. The summed E-state index contributed by atoms with van der Waals surface area (Å²) in [6.45, 7) is 10.3. The predicted molar refractivity (Wildman–Crippen MR) is 69.7 cm³/mol. The summed E-state index contributed by atoms with van der Waals surface area (Å²) in [6, 6.07) is 2.04. The van der Waals surface area contributed by atoms with E-state index in [-0.39, 0.29) is 0 Å². The van der Waals surface area contributed by atoms with Gasteiger partial charge in [0.15, 0.2) is 5.76 Å². The van der Waals surface area contributed by atoms with Crippen LogP contribution in [0.1, 0.15) is 38.6 Å². The highest BCUT2D eigenvalue weighted by molar-refractivity contribution is 5.04. The fourth-order valence-electron chi connectivity index (χ4n) is 1.86. The van der Waals surface area contributed by atoms with Gasteiger partial charge in [-0.25, -0.2) is 0 Å². The smallest absolute Gasteiger partial charge is 0.151 e. The second kappa shape index (κ2) is 7.45. The summed E-state index contributed by atoms with van der Waals surface area (Å²) < 4.78 is 5.32. The molecule has 0 atom stereocenters. The van der Waals surface area contributed by atoms with E-state index >= 15 is 0 Å². The molecule has 0 unspecified atom stereocenters. The molecule has 0 bridgehead atoms. The van der Waals surface area contributed by atoms with Gasteiger partial charge in [-0.1, -0.05) is 25.9 Å². The lowest BCUT2D eigenvalue weighted by Crippen LogP contribution is -2.22. The van der Waals surface area contributed by atoms with Crippen LogP contribution in [0.4, 0.5) is 0 Å². The monoisotopic (exact) mass is 239 g/mol. The Bertz CT molecular complexity index is 309. The predicted octanol–water partition coefficient (Wildman–Crippen LogP) is 2.26. The zero-order valence-electron chi connectivity index (χ0n) is 11.5. The van der Waals surface area contributed by atoms with E-state index in [1.807, 2.05) is 6.07 Å². The molecular formula is C13H25N3O. The lowest BCUT2D eigenvalue weighted by molar-refractivity contribution is 0.249. The van der Waals surface area contributed by atoms with Gasteiger partial charge in [0.2, 0.25) is 0 Å². The van der Waals surface area contributed by atoms with Crippen LogP contribution >= 0.6 is 0 Å². The van der Waals surface area contributed by atoms with Gasteiger partial charge in [0.25, 0.3) is 0 Å². The van der Waals surface area contributed by atoms with Crippen LogP contribution in [-0.2, 0) is 13.1 Å². The maximum atomic E-state index is 5.32. The Hall–Kier alpha value is -0.870. The van der Waals surface area contributed by atoms with Crippen LogP contribution in [0.25, 0.3) is 0 Å². The van der Waals surface area contributed by atoms with E-state index < -0.39 is 0 Å². The molecule has 0 radical (unpaired) electrons. The maximum Gasteiger partial charge on any atom is 0.151 e. The van der Waals surface area contributed by atoms with E-state index in [2.05, 4.69) is 43.2 Å². The Labute approximate surface area is 104 Å². The third kappa shape index (κ3) is 5.84. The molecule has 0 amide bonds. The number of nitrogens with one attached hydrogen (secondary N) is 1. The molecule has 0 saturated carbocycles. The molecule has 1 heterocycles. The molecule has 4 nitrogen and oxygen atoms in total. The second-order valence-electron chi connectivity index (χ2n) is 5.05. The average Bonchev–Trinajstić information content (AvgIpc) is 2.64. The third-order valence-corrected chi connectivity index (χ3v) is 2.44. The van der Waals surface area contributed by atoms with Crippen LogP contribution in [0.15, 0.2) is 10.6 Å². The fraction of sp³-hybridized carbons (Fsp3) is 0.769. The van der Waals surface area contributed by atoms with Crippen LogP contribution in [0.2, 0.25) is 0 Å². The molecule has 1 N–H and O–H groups in total. The Morgan fingerprint density at radius 3 is 2.88 bits per heavy atom. The molecule has 0 aromatic carbocycles. The molecule has 0 aliphatic carbocycles. The van der Waals surface area contributed by atoms with Gasteiger partial charge in [0.05, 0.1) is 12.2 Å². The van der Waals surface area contributed by atoms with Crippen molar-refractivity contribution in [1.29, 1.82) is 0 Å². The Kier molecular flexibility index (Phi) is 6.22. The summed E-state index contributed by atoms with van der Waals surface area (Å²) in [4.78, 5) is 2.26. The van der Waals surface area contributed by atoms with E-state index in [4.69, 9.17) is 4.52 Å². The van der Waals surface area contributed by atoms with Gasteiger partial charge in [-0.15, -0.1) is 0 Å². The largest absolute Gasteiger partial charge is 0.360 e. The summed E-state index contributed by atoms with van der Waals surface area (Å²) in [7, 11) is 2.11. The molecule has 1 aromatic rings. The first kappa shape index (κ1) is 14.2. The van der Waals surface area contributed by atoms with Gasteiger partial charge in [-0.3, -0.25) is 4.90 Å². The summed E-state index contributed by atoms with van der Waals surface area (Å²) in [6.07, 6.45) is 1.14. The Morgan fingerprint density at radius 2 is 2.24 bits per heavy atom. The highest BCUT2D eigenvalue weighted by Gasteiger charge is 2.08. The first-order valence-electron chi connectivity index (χ1n) is 6.45. The third-order valence-electron chi connectivity index (χ3n) is 2.44. The Morgan fingerprint density at radius 1 is 1.47 bits per heavy atom. The topological polar surface area (TPSA) is 41.3 Å². The highest BCUT2D eigenvalue weighted by Crippen LogP contribution is 2.07. The second-order valence-corrected chi connectivity index (χ2v) is 5.05. The number of hydrogen-bond acceptors (Lipinski definition) is 4. The van der Waals surface area contributed by atoms with Crippen molar-refractivity contribution in [2.45, 2.75) is 40.3 Å². The van der Waals surface area contributed by atoms with Crippen LogP contribution in [0.3, 0.4) is 0 Å². The van der Waals surface area contributed by atoms with Crippen molar-refractivity contribution in [1.82, 2.24) is 15.4 Å². The minimum absolute atomic E-state index is 0.675. The van der Waals surface area contributed by atoms with Gasteiger partial charge in [-0.05, 0) is 25.9 Å². The van der Waals surface area contributed by atoms with Crippen LogP contribution in [-0.4, -0.2) is 30.2 Å². The molecule has 0 fully saturated rings. The van der Waals surface area contributed by atoms with Gasteiger partial charge < -0.3 is 9.84 Å². The molecule has 0 aliphatic heterocycles. The van der Waals surface area contributed by atoms with Gasteiger partial charge in [0, 0.05) is 19.2 Å². The minimum atomic E-state index is 0.675. The number of aromatic nitrogens is 1. The molecule has 0 aliphatic rings. The molecule has 0 saturated heterocycles. The summed E-state index contributed by atoms with van der Waals surface area (Å²) >= 11 is 0. The minimum Gasteiger partial charge on any atom is -0.360 e. The lowest BCUT2D eigenvalue weighted by Gasteiger charge is -2.16. The van der Waals surface area contributed by atoms with E-state index in [9.17, 15) is 0 Å². The van der Waals surface area contributed by atoms with Crippen LogP contribution in [0.5, 0.6) is 0 Å². The highest BCUT2D eigenvalue weighted by atomic mass is 16.5. The molecule has 98 valence electrons. The molecule has 17 heavy (non-hydrogen) atoms. The lowest BCUT2D eigenvalue weighted by atomic mass is 10.2. The quantitative estimate of drug-likeness (QED) is 0.707. The molecule has 1 aromatic heterocycles. The van der Waals surface area contributed by atoms with E-state index in [1.54, 1.807) is 0 Å². The van der Waals surface area contributed by atoms with Crippen molar-refractivity contribution in [2.75, 3.05) is 20.1 Å². The van der Waals surface area contributed by atoms with Gasteiger partial charge in [0.1, 0.15) is 0 Å². The molecule has 4 heteroatoms. The maximum absolute atomic E-state index is 5.32. The summed E-state index contributed by atoms with van der Waals surface area (Å²) in [5.41, 5.74) is 0.992. The SMILES string of the molecule is CCCNCc1cc(CN(C)CC(C)C)on1. The average molecular weight is 239 g/mol. The van der Waals surface area contributed by atoms with Crippen LogP contribution < -0.4 is 5.32 Å². The number of nitrogens with zero attached hydrogens (tertiary/aromatic N) is 2. The molecular weight excluding hydrogens is 214 g/mol. The van der Waals surface area contributed by atoms with Crippen molar-refractivity contribution in [3.63, 3.8) is 0 Å². The first-order chi connectivity index (χ1) is 8.11. The van der Waals surface area contributed by atoms with Crippen molar-refractivity contribution in [3.8, 4) is 0 Å². The summed E-state index contributed by atoms with van der Waals surface area (Å²) in [5, 5.41) is 7.37. The van der Waals surface area contributed by atoms with Crippen molar-refractivity contribution in [3.05, 3.63) is 17.5 Å². The normalized spacial score (nSPS) is 11.6. The number of rotatable bonds is 8.